The Kier molecular flexibility index (Phi) is 4.83. The van der Waals surface area contributed by atoms with E-state index in [1.165, 1.54) is 17.0 Å². The monoisotopic (exact) mass is 271 g/mol. The van der Waals surface area contributed by atoms with Gasteiger partial charge in [-0.25, -0.2) is 13.1 Å². The summed E-state index contributed by atoms with van der Waals surface area (Å²) in [6.45, 7) is 0.00216. The largest absolute Gasteiger partial charge is 0.348 e. The second kappa shape index (κ2) is 5.94. The van der Waals surface area contributed by atoms with Crippen molar-refractivity contribution in [2.45, 2.75) is 11.4 Å². The van der Waals surface area contributed by atoms with Crippen LogP contribution < -0.4 is 10.5 Å². The van der Waals surface area contributed by atoms with Crippen molar-refractivity contribution in [2.24, 2.45) is 5.73 Å². The fourth-order valence-electron chi connectivity index (χ4n) is 1.24. The molecular formula is C11H17N3O3S. The second-order valence-corrected chi connectivity index (χ2v) is 5.73. The van der Waals surface area contributed by atoms with Crippen molar-refractivity contribution >= 4 is 15.9 Å². The van der Waals surface area contributed by atoms with Gasteiger partial charge in [-0.3, -0.25) is 4.79 Å². The first-order valence-electron chi connectivity index (χ1n) is 5.35. The molecular weight excluding hydrogens is 254 g/mol. The molecule has 0 bridgehead atoms. The number of nitrogens with two attached hydrogens (primary N) is 1. The fraction of sp³-hybridized carbons (Fsp3) is 0.364. The molecule has 0 aromatic heterocycles. The van der Waals surface area contributed by atoms with E-state index in [-0.39, 0.29) is 23.9 Å². The average molecular weight is 271 g/mol. The molecule has 18 heavy (non-hydrogen) atoms. The van der Waals surface area contributed by atoms with Crippen molar-refractivity contribution in [3.63, 3.8) is 0 Å². The summed E-state index contributed by atoms with van der Waals surface area (Å²) in [7, 11) is -0.552. The van der Waals surface area contributed by atoms with Crippen molar-refractivity contribution in [2.75, 3.05) is 20.6 Å². The quantitative estimate of drug-likeness (QED) is 0.756. The second-order valence-electron chi connectivity index (χ2n) is 3.96. The zero-order valence-electron chi connectivity index (χ0n) is 10.4. The Morgan fingerprint density at radius 2 is 2.06 bits per heavy atom. The van der Waals surface area contributed by atoms with E-state index in [1.807, 2.05) is 0 Å². The first-order chi connectivity index (χ1) is 8.36. The number of nitrogens with one attached hydrogen (secondary N) is 1. The average Bonchev–Trinajstić information content (AvgIpc) is 2.36. The molecule has 1 aromatic rings. The van der Waals surface area contributed by atoms with Gasteiger partial charge in [-0.05, 0) is 17.7 Å². The highest BCUT2D eigenvalue weighted by atomic mass is 32.2. The van der Waals surface area contributed by atoms with E-state index in [2.05, 4.69) is 4.72 Å². The Labute approximate surface area is 107 Å². The Morgan fingerprint density at radius 1 is 1.39 bits per heavy atom. The van der Waals surface area contributed by atoms with Crippen LogP contribution in [-0.4, -0.2) is 39.9 Å². The Bertz CT molecular complexity index is 526. The summed E-state index contributed by atoms with van der Waals surface area (Å²) < 4.78 is 26.1. The molecule has 0 aliphatic carbocycles. The van der Waals surface area contributed by atoms with E-state index in [0.717, 1.165) is 5.56 Å². The minimum absolute atomic E-state index is 0.108. The van der Waals surface area contributed by atoms with Crippen LogP contribution >= 0.6 is 0 Å². The third-order valence-corrected chi connectivity index (χ3v) is 3.76. The summed E-state index contributed by atoms with van der Waals surface area (Å²) in [4.78, 5) is 12.7. The topological polar surface area (TPSA) is 92.5 Å². The third-order valence-electron chi connectivity index (χ3n) is 2.36. The molecule has 6 nitrogen and oxygen atoms in total. The molecule has 0 radical (unpaired) electrons. The van der Waals surface area contributed by atoms with Gasteiger partial charge >= 0.3 is 0 Å². The number of carbonyl (C=O) groups is 1. The lowest BCUT2D eigenvalue weighted by atomic mass is 10.2. The first kappa shape index (κ1) is 14.6. The first-order valence-corrected chi connectivity index (χ1v) is 6.84. The molecule has 0 heterocycles. The van der Waals surface area contributed by atoms with E-state index in [1.54, 1.807) is 26.2 Å². The van der Waals surface area contributed by atoms with Gasteiger partial charge in [-0.1, -0.05) is 12.1 Å². The van der Waals surface area contributed by atoms with Gasteiger partial charge in [0.1, 0.15) is 0 Å². The van der Waals surface area contributed by atoms with Crippen LogP contribution in [0.25, 0.3) is 0 Å². The molecule has 0 spiro atoms. The summed E-state index contributed by atoms with van der Waals surface area (Å²) >= 11 is 0. The van der Waals surface area contributed by atoms with Crippen LogP contribution in [-0.2, 0) is 21.4 Å². The minimum atomic E-state index is -3.67. The summed E-state index contributed by atoms with van der Waals surface area (Å²) in [6, 6.07) is 6.30. The number of likely N-dealkylation sites (N-methyl/N-ethyl adjacent to an activating group) is 1. The molecule has 0 saturated carbocycles. The van der Waals surface area contributed by atoms with E-state index < -0.39 is 10.0 Å². The number of hydrogen-bond donors (Lipinski definition) is 2. The van der Waals surface area contributed by atoms with E-state index in [4.69, 9.17) is 5.73 Å². The number of amides is 1. The van der Waals surface area contributed by atoms with Crippen LogP contribution in [0, 0.1) is 0 Å². The van der Waals surface area contributed by atoms with Gasteiger partial charge in [-0.15, -0.1) is 0 Å². The molecule has 3 N–H and O–H groups in total. The van der Waals surface area contributed by atoms with Crippen molar-refractivity contribution in [1.82, 2.24) is 9.62 Å². The fourth-order valence-corrected chi connectivity index (χ4v) is 2.28. The third kappa shape index (κ3) is 3.80. The maximum absolute atomic E-state index is 11.9. The molecule has 0 fully saturated rings. The van der Waals surface area contributed by atoms with Gasteiger partial charge in [0.05, 0.1) is 11.4 Å². The zero-order chi connectivity index (χ0) is 13.8. The van der Waals surface area contributed by atoms with Crippen LogP contribution in [0.15, 0.2) is 29.2 Å². The lowest BCUT2D eigenvalue weighted by Crippen LogP contribution is -2.36. The number of sulfonamides is 1. The predicted molar refractivity (Wildman–Crippen MR) is 68.2 cm³/mol. The van der Waals surface area contributed by atoms with Crippen LogP contribution in [0.5, 0.6) is 0 Å². The molecule has 0 atom stereocenters. The molecule has 0 saturated heterocycles. The maximum Gasteiger partial charge on any atom is 0.241 e. The van der Waals surface area contributed by atoms with Crippen LogP contribution in [0.4, 0.5) is 0 Å². The molecule has 1 aromatic carbocycles. The van der Waals surface area contributed by atoms with Gasteiger partial charge in [0.25, 0.3) is 0 Å². The minimum Gasteiger partial charge on any atom is -0.348 e. The Morgan fingerprint density at radius 3 is 2.61 bits per heavy atom. The summed E-state index contributed by atoms with van der Waals surface area (Å²) in [5.74, 6) is -0.312. The maximum atomic E-state index is 11.9. The Balaban J connectivity index is 2.83. The van der Waals surface area contributed by atoms with Crippen molar-refractivity contribution in [3.05, 3.63) is 29.8 Å². The number of nitrogens with zero attached hydrogens (tertiary/aromatic N) is 1. The lowest BCUT2D eigenvalue weighted by molar-refractivity contribution is -0.127. The molecule has 1 rings (SSSR count). The summed E-state index contributed by atoms with van der Waals surface area (Å²) in [5.41, 5.74) is 6.17. The van der Waals surface area contributed by atoms with E-state index in [0.29, 0.717) is 0 Å². The van der Waals surface area contributed by atoms with Crippen LogP contribution in [0.2, 0.25) is 0 Å². The number of carbonyl (C=O) groups excluding carboxylic acids is 1. The van der Waals surface area contributed by atoms with Gasteiger partial charge in [0.15, 0.2) is 0 Å². The van der Waals surface area contributed by atoms with Gasteiger partial charge in [0, 0.05) is 20.6 Å². The van der Waals surface area contributed by atoms with Crippen LogP contribution in [0.3, 0.4) is 0 Å². The van der Waals surface area contributed by atoms with Gasteiger partial charge < -0.3 is 10.6 Å². The molecule has 7 heteroatoms. The molecule has 1 amide bonds. The molecule has 0 aliphatic heterocycles. The number of hydrogen-bond acceptors (Lipinski definition) is 4. The normalized spacial score (nSPS) is 11.3. The summed E-state index contributed by atoms with van der Waals surface area (Å²) in [5, 5.41) is 0. The highest BCUT2D eigenvalue weighted by Crippen LogP contribution is 2.10. The number of rotatable bonds is 5. The highest BCUT2D eigenvalue weighted by molar-refractivity contribution is 7.89. The summed E-state index contributed by atoms with van der Waals surface area (Å²) in [6.07, 6.45) is 0. The molecule has 100 valence electrons. The predicted octanol–water partition coefficient (Wildman–Crippen LogP) is -0.488. The van der Waals surface area contributed by atoms with E-state index in [9.17, 15) is 13.2 Å². The molecule has 0 aliphatic rings. The SMILES string of the molecule is CN(C)C(=O)CNS(=O)(=O)c1cccc(CN)c1. The van der Waals surface area contributed by atoms with Crippen molar-refractivity contribution in [3.8, 4) is 0 Å². The van der Waals surface area contributed by atoms with Crippen molar-refractivity contribution in [1.29, 1.82) is 0 Å². The highest BCUT2D eigenvalue weighted by Gasteiger charge is 2.16. The van der Waals surface area contributed by atoms with E-state index >= 15 is 0 Å². The number of benzene rings is 1. The smallest absolute Gasteiger partial charge is 0.241 e. The Hall–Kier alpha value is -1.44. The van der Waals surface area contributed by atoms with Gasteiger partial charge in [0.2, 0.25) is 15.9 Å². The zero-order valence-corrected chi connectivity index (χ0v) is 11.2. The lowest BCUT2D eigenvalue weighted by Gasteiger charge is -2.11. The standard InChI is InChI=1S/C11H17N3O3S/c1-14(2)11(15)8-13-18(16,17)10-5-3-4-9(6-10)7-12/h3-6,13H,7-8,12H2,1-2H3. The van der Waals surface area contributed by atoms with Gasteiger partial charge in [-0.2, -0.15) is 0 Å². The van der Waals surface area contributed by atoms with Crippen LogP contribution in [0.1, 0.15) is 5.56 Å². The molecule has 0 unspecified atom stereocenters. The van der Waals surface area contributed by atoms with Crippen molar-refractivity contribution < 1.29 is 13.2 Å².